The number of aryl methyl sites for hydroxylation is 1. The van der Waals surface area contributed by atoms with Crippen molar-refractivity contribution in [2.45, 2.75) is 18.7 Å². The van der Waals surface area contributed by atoms with Gasteiger partial charge in [-0.05, 0) is 6.42 Å². The van der Waals surface area contributed by atoms with Crippen molar-refractivity contribution in [3.8, 4) is 0 Å². The van der Waals surface area contributed by atoms with Gasteiger partial charge < -0.3 is 20.0 Å². The first-order valence-corrected chi connectivity index (χ1v) is 6.32. The van der Waals surface area contributed by atoms with Gasteiger partial charge >= 0.3 is 0 Å². The number of nitrogens with zero attached hydrogens (tertiary/aromatic N) is 3. The molecule has 0 aliphatic rings. The maximum atomic E-state index is 10.8. The van der Waals surface area contributed by atoms with Gasteiger partial charge in [-0.25, -0.2) is 15.0 Å². The molecule has 0 aliphatic heterocycles. The van der Waals surface area contributed by atoms with Gasteiger partial charge in [0.15, 0.2) is 11.5 Å². The van der Waals surface area contributed by atoms with Crippen LogP contribution in [0.1, 0.15) is 12.2 Å². The highest BCUT2D eigenvalue weighted by atomic mass is 31.1. The molecular weight excluding hydrogens is 241 g/mol. The van der Waals surface area contributed by atoms with Crippen molar-refractivity contribution in [1.29, 1.82) is 0 Å². The van der Waals surface area contributed by atoms with Crippen LogP contribution >= 0.6 is 8.46 Å². The summed E-state index contributed by atoms with van der Waals surface area (Å²) < 4.78 is 15.8. The van der Waals surface area contributed by atoms with E-state index in [0.717, 1.165) is 0 Å². The van der Waals surface area contributed by atoms with Crippen LogP contribution in [0.2, 0.25) is 0 Å². The number of methoxy groups -OCH3 is 1. The summed E-state index contributed by atoms with van der Waals surface area (Å²) in [7, 11) is 0.591. The maximum absolute atomic E-state index is 10.8. The highest BCUT2D eigenvalue weighted by molar-refractivity contribution is 7.24. The normalized spacial score (nSPS) is 13.7. The summed E-state index contributed by atoms with van der Waals surface area (Å²) in [5.41, 5.74) is 6.96. The lowest BCUT2D eigenvalue weighted by Gasteiger charge is -2.07. The van der Waals surface area contributed by atoms with E-state index in [9.17, 15) is 4.57 Å². The zero-order chi connectivity index (χ0) is 12.3. The van der Waals surface area contributed by atoms with Crippen molar-refractivity contribution in [3.63, 3.8) is 0 Å². The lowest BCUT2D eigenvalue weighted by atomic mass is 10.3. The third-order valence-electron chi connectivity index (χ3n) is 2.47. The Hall–Kier alpha value is -1.46. The maximum Gasteiger partial charge on any atom is 0.183 e. The number of nitrogen functional groups attached to an aromatic ring is 1. The smallest absolute Gasteiger partial charge is 0.183 e. The van der Waals surface area contributed by atoms with Gasteiger partial charge in [-0.1, -0.05) is 0 Å². The molecular formula is C9H14N5O2P. The number of nitrogens with one attached hydrogen (secondary N) is 1. The number of nitrogens with two attached hydrogens (primary N) is 1. The molecule has 0 saturated carbocycles. The highest BCUT2D eigenvalue weighted by Gasteiger charge is 2.10. The summed E-state index contributed by atoms with van der Waals surface area (Å²) in [4.78, 5) is 15.3. The van der Waals surface area contributed by atoms with E-state index in [4.69, 9.17) is 10.5 Å². The number of ether oxygens (including phenoxy) is 1. The molecule has 0 aliphatic carbocycles. The second kappa shape index (κ2) is 5.25. The van der Waals surface area contributed by atoms with Crippen LogP contribution in [0.3, 0.4) is 0 Å². The van der Waals surface area contributed by atoms with Crippen LogP contribution in [-0.4, -0.2) is 32.9 Å². The number of hydrogen-bond donors (Lipinski definition) is 2. The highest BCUT2D eigenvalue weighted by Crippen LogP contribution is 2.17. The fourth-order valence-electron chi connectivity index (χ4n) is 1.53. The molecule has 0 fully saturated rings. The summed E-state index contributed by atoms with van der Waals surface area (Å²) in [6.07, 6.45) is 2.71. The Balaban J connectivity index is 2.16. The molecule has 3 N–H and O–H groups in total. The lowest BCUT2D eigenvalue weighted by molar-refractivity contribution is 0.160. The van der Waals surface area contributed by atoms with Crippen molar-refractivity contribution < 1.29 is 9.30 Å². The van der Waals surface area contributed by atoms with Gasteiger partial charge in [0.1, 0.15) is 17.2 Å². The number of rotatable bonds is 5. The van der Waals surface area contributed by atoms with Crippen LogP contribution < -0.4 is 5.73 Å². The molecule has 92 valence electrons. The van der Waals surface area contributed by atoms with Gasteiger partial charge in [0.25, 0.3) is 0 Å². The zero-order valence-electron chi connectivity index (χ0n) is 9.38. The largest absolute Gasteiger partial charge is 0.382 e. The average Bonchev–Trinajstić information content (AvgIpc) is 2.79. The fraction of sp³-hybridized carbons (Fsp3) is 0.444. The van der Waals surface area contributed by atoms with Gasteiger partial charge in [-0.15, -0.1) is 0 Å². The van der Waals surface area contributed by atoms with E-state index in [0.29, 0.717) is 35.6 Å². The molecule has 2 aromatic heterocycles. The van der Waals surface area contributed by atoms with Crippen LogP contribution in [-0.2, 0) is 15.7 Å². The minimum Gasteiger partial charge on any atom is -0.382 e. The van der Waals surface area contributed by atoms with E-state index < -0.39 is 8.46 Å². The van der Waals surface area contributed by atoms with Crippen molar-refractivity contribution in [1.82, 2.24) is 19.9 Å². The SMILES string of the molecule is COC(CCc1nc(N)c2[nH]cnc2n1)[PH2]=O. The molecule has 0 bridgehead atoms. The average molecular weight is 255 g/mol. The number of hydrogen-bond acceptors (Lipinski definition) is 6. The lowest BCUT2D eigenvalue weighted by Crippen LogP contribution is -2.07. The number of imidazole rings is 1. The number of aromatic amines is 1. The van der Waals surface area contributed by atoms with E-state index in [2.05, 4.69) is 19.9 Å². The summed E-state index contributed by atoms with van der Waals surface area (Å²) >= 11 is 0. The quantitative estimate of drug-likeness (QED) is 0.757. The van der Waals surface area contributed by atoms with E-state index in [1.54, 1.807) is 7.11 Å². The minimum atomic E-state index is -0.952. The second-order valence-electron chi connectivity index (χ2n) is 3.58. The minimum absolute atomic E-state index is 0.227. The second-order valence-corrected chi connectivity index (χ2v) is 4.59. The Kier molecular flexibility index (Phi) is 3.71. The monoisotopic (exact) mass is 255 g/mol. The molecule has 0 saturated heterocycles. The molecule has 0 spiro atoms. The van der Waals surface area contributed by atoms with Crippen LogP contribution in [0.5, 0.6) is 0 Å². The van der Waals surface area contributed by atoms with E-state index in [1.165, 1.54) is 6.33 Å². The van der Waals surface area contributed by atoms with Crippen LogP contribution in [0.15, 0.2) is 6.33 Å². The first kappa shape index (κ1) is 12.0. The van der Waals surface area contributed by atoms with Crippen LogP contribution in [0.4, 0.5) is 5.82 Å². The molecule has 2 atom stereocenters. The molecule has 0 aromatic carbocycles. The van der Waals surface area contributed by atoms with Crippen molar-refractivity contribution in [2.24, 2.45) is 0 Å². The predicted octanol–water partition coefficient (Wildman–Crippen LogP) is 0.596. The Morgan fingerprint density at radius 3 is 3.12 bits per heavy atom. The van der Waals surface area contributed by atoms with Gasteiger partial charge in [0.05, 0.1) is 14.8 Å². The molecule has 7 nitrogen and oxygen atoms in total. The van der Waals surface area contributed by atoms with Crippen molar-refractivity contribution in [3.05, 3.63) is 12.2 Å². The Morgan fingerprint density at radius 1 is 1.59 bits per heavy atom. The third-order valence-corrected chi connectivity index (χ3v) is 3.38. The van der Waals surface area contributed by atoms with E-state index in [-0.39, 0.29) is 5.85 Å². The predicted molar refractivity (Wildman–Crippen MR) is 65.6 cm³/mol. The van der Waals surface area contributed by atoms with Crippen LogP contribution in [0, 0.1) is 0 Å². The number of fused-ring (bicyclic) bond motifs is 1. The standard InChI is InChI=1S/C9H14N5O2P/c1-16-6(17-15)3-2-5-13-8(10)7-9(14-5)12-4-11-7/h4,6H,2-3,17H2,1H3,(H3,10,11,12,13,14). The molecule has 0 amide bonds. The third kappa shape index (κ3) is 2.62. The first-order valence-electron chi connectivity index (χ1n) is 5.18. The molecule has 2 heterocycles. The van der Waals surface area contributed by atoms with Gasteiger partial charge in [-0.3, -0.25) is 0 Å². The fourth-order valence-corrected chi connectivity index (χ4v) is 1.94. The molecule has 17 heavy (non-hydrogen) atoms. The van der Waals surface area contributed by atoms with E-state index >= 15 is 0 Å². The van der Waals surface area contributed by atoms with Crippen LogP contribution in [0.25, 0.3) is 11.2 Å². The Morgan fingerprint density at radius 2 is 2.41 bits per heavy atom. The van der Waals surface area contributed by atoms with E-state index in [1.807, 2.05) is 0 Å². The van der Waals surface area contributed by atoms with Gasteiger partial charge in [0.2, 0.25) is 0 Å². The zero-order valence-corrected chi connectivity index (χ0v) is 10.5. The first-order chi connectivity index (χ1) is 8.24. The van der Waals surface area contributed by atoms with Gasteiger partial charge in [-0.2, -0.15) is 0 Å². The number of anilines is 1. The summed E-state index contributed by atoms with van der Waals surface area (Å²) in [5.74, 6) is 0.748. The Bertz CT molecular complexity index is 529. The molecule has 0 radical (unpaired) electrons. The van der Waals surface area contributed by atoms with Crippen molar-refractivity contribution in [2.75, 3.05) is 12.8 Å². The number of H-pyrrole nitrogens is 1. The molecule has 2 rings (SSSR count). The summed E-state index contributed by atoms with van der Waals surface area (Å²) in [6, 6.07) is 0. The van der Waals surface area contributed by atoms with Crippen molar-refractivity contribution >= 4 is 25.4 Å². The molecule has 2 aromatic rings. The number of aromatic nitrogens is 4. The summed E-state index contributed by atoms with van der Waals surface area (Å²) in [6.45, 7) is 0. The topological polar surface area (TPSA) is 107 Å². The van der Waals surface area contributed by atoms with Gasteiger partial charge in [0, 0.05) is 13.5 Å². The molecule has 8 heteroatoms. The molecule has 2 unspecified atom stereocenters. The Labute approximate surface area is 99.0 Å². The summed E-state index contributed by atoms with van der Waals surface area (Å²) in [5, 5.41) is 0.